The summed E-state index contributed by atoms with van der Waals surface area (Å²) in [6.07, 6.45) is 4.46. The Morgan fingerprint density at radius 2 is 1.87 bits per heavy atom. The van der Waals surface area contributed by atoms with Gasteiger partial charge in [-0.15, -0.1) is 0 Å². The third kappa shape index (κ3) is 3.02. The Kier molecular flexibility index (Phi) is 4.30. The van der Waals surface area contributed by atoms with Gasteiger partial charge in [-0.25, -0.2) is 9.67 Å². The van der Waals surface area contributed by atoms with Crippen molar-refractivity contribution < 1.29 is 4.79 Å². The molecule has 5 rings (SSSR count). The van der Waals surface area contributed by atoms with Crippen LogP contribution in [0.4, 0.5) is 0 Å². The van der Waals surface area contributed by atoms with Crippen LogP contribution in [0, 0.1) is 12.8 Å². The maximum absolute atomic E-state index is 12.7. The monoisotopic (exact) mass is 404 g/mol. The molecule has 1 fully saturated rings. The number of fused-ring (bicyclic) bond motifs is 3. The first-order valence-electron chi connectivity index (χ1n) is 9.84. The van der Waals surface area contributed by atoms with Crippen molar-refractivity contribution in [1.82, 2.24) is 29.2 Å². The summed E-state index contributed by atoms with van der Waals surface area (Å²) >= 11 is 0. The summed E-state index contributed by atoms with van der Waals surface area (Å²) in [7, 11) is 0. The minimum atomic E-state index is -0.619. The van der Waals surface area contributed by atoms with E-state index in [1.807, 2.05) is 31.2 Å². The molecule has 3 aromatic rings. The van der Waals surface area contributed by atoms with Crippen LogP contribution in [0.15, 0.2) is 52.4 Å². The molecule has 1 saturated heterocycles. The molecular formula is C21H20N6O3. The molecule has 1 amide bonds. The predicted molar refractivity (Wildman–Crippen MR) is 107 cm³/mol. The molecule has 0 N–H and O–H groups in total. The van der Waals surface area contributed by atoms with Crippen molar-refractivity contribution in [2.45, 2.75) is 25.9 Å². The maximum atomic E-state index is 12.7. The van der Waals surface area contributed by atoms with Crippen molar-refractivity contribution in [1.29, 1.82) is 0 Å². The third-order valence-corrected chi connectivity index (χ3v) is 5.87. The summed E-state index contributed by atoms with van der Waals surface area (Å²) in [6.45, 7) is 3.56. The Bertz CT molecular complexity index is 1230. The molecule has 4 heterocycles. The Morgan fingerprint density at radius 3 is 2.60 bits per heavy atom. The highest BCUT2D eigenvalue weighted by Crippen LogP contribution is 2.37. The van der Waals surface area contributed by atoms with Gasteiger partial charge in [0, 0.05) is 43.9 Å². The van der Waals surface area contributed by atoms with Gasteiger partial charge >= 0.3 is 11.1 Å². The molecule has 9 nitrogen and oxygen atoms in total. The summed E-state index contributed by atoms with van der Waals surface area (Å²) in [4.78, 5) is 47.7. The fourth-order valence-electron chi connectivity index (χ4n) is 4.30. The molecule has 0 saturated carbocycles. The molecule has 2 aliphatic rings. The lowest BCUT2D eigenvalue weighted by Gasteiger charge is -2.17. The van der Waals surface area contributed by atoms with Crippen LogP contribution in [0.1, 0.15) is 33.4 Å². The Hall–Kier alpha value is -3.62. The van der Waals surface area contributed by atoms with Gasteiger partial charge in [0.05, 0.1) is 12.7 Å². The fraction of sp³-hybridized carbons (Fsp3) is 0.333. The summed E-state index contributed by atoms with van der Waals surface area (Å²) in [5, 5.41) is 4.54. The van der Waals surface area contributed by atoms with E-state index in [2.05, 4.69) is 15.1 Å². The number of amides is 1. The molecule has 152 valence electrons. The van der Waals surface area contributed by atoms with Gasteiger partial charge in [-0.3, -0.25) is 23.9 Å². The number of benzene rings is 1. The van der Waals surface area contributed by atoms with E-state index in [0.717, 1.165) is 11.1 Å². The Morgan fingerprint density at radius 1 is 1.07 bits per heavy atom. The quantitative estimate of drug-likeness (QED) is 0.586. The highest BCUT2D eigenvalue weighted by atomic mass is 16.2. The summed E-state index contributed by atoms with van der Waals surface area (Å²) in [5.41, 5.74) is 1.15. The third-order valence-electron chi connectivity index (χ3n) is 5.87. The number of carbonyl (C=O) groups is 1. The zero-order chi connectivity index (χ0) is 20.8. The van der Waals surface area contributed by atoms with E-state index in [4.69, 9.17) is 0 Å². The van der Waals surface area contributed by atoms with Crippen LogP contribution in [0.25, 0.3) is 0 Å². The van der Waals surface area contributed by atoms with Crippen molar-refractivity contribution >= 4 is 5.91 Å². The molecule has 30 heavy (non-hydrogen) atoms. The van der Waals surface area contributed by atoms with Gasteiger partial charge < -0.3 is 4.90 Å². The van der Waals surface area contributed by atoms with Gasteiger partial charge in [0.25, 0.3) is 5.91 Å². The molecule has 2 atom stereocenters. The second-order valence-corrected chi connectivity index (χ2v) is 7.89. The minimum absolute atomic E-state index is 0.0560. The van der Waals surface area contributed by atoms with Crippen LogP contribution < -0.4 is 11.1 Å². The molecule has 9 heteroatoms. The van der Waals surface area contributed by atoms with E-state index in [1.54, 1.807) is 4.90 Å². The highest BCUT2D eigenvalue weighted by Gasteiger charge is 2.44. The van der Waals surface area contributed by atoms with E-state index in [9.17, 15) is 14.4 Å². The first-order valence-corrected chi connectivity index (χ1v) is 9.84. The van der Waals surface area contributed by atoms with E-state index < -0.39 is 11.1 Å². The van der Waals surface area contributed by atoms with Gasteiger partial charge in [-0.2, -0.15) is 5.10 Å². The molecule has 2 aromatic heterocycles. The standard InChI is InChI=1S/C21H20N6O3/c1-13-2-4-14(5-3-13)9-27-21(30)20(29)26-11-15-10-25(12-16(15)18(26)24-27)19(28)17-8-22-6-7-23-17/h2-8,15-16H,9-12H2,1H3/t15-,16+/m1/s1. The molecular weight excluding hydrogens is 384 g/mol. The average molecular weight is 404 g/mol. The number of aryl methyl sites for hydroxylation is 1. The lowest BCUT2D eigenvalue weighted by Crippen LogP contribution is -2.44. The molecule has 0 aliphatic carbocycles. The summed E-state index contributed by atoms with van der Waals surface area (Å²) in [5.74, 6) is 0.370. The van der Waals surface area contributed by atoms with Gasteiger partial charge in [0.15, 0.2) is 0 Å². The topological polar surface area (TPSA) is 103 Å². The van der Waals surface area contributed by atoms with E-state index in [0.29, 0.717) is 31.2 Å². The number of likely N-dealkylation sites (tertiary alicyclic amines) is 1. The molecule has 0 radical (unpaired) electrons. The van der Waals surface area contributed by atoms with Gasteiger partial charge in [0.2, 0.25) is 0 Å². The van der Waals surface area contributed by atoms with Crippen LogP contribution >= 0.6 is 0 Å². The lowest BCUT2D eigenvalue weighted by atomic mass is 10.00. The van der Waals surface area contributed by atoms with Crippen molar-refractivity contribution in [2.24, 2.45) is 5.92 Å². The first kappa shape index (κ1) is 18.4. The number of hydrogen-bond acceptors (Lipinski definition) is 6. The predicted octanol–water partition coefficient (Wildman–Crippen LogP) is 0.421. The van der Waals surface area contributed by atoms with Crippen LogP contribution in [0.3, 0.4) is 0 Å². The number of rotatable bonds is 3. The van der Waals surface area contributed by atoms with Gasteiger partial charge in [-0.1, -0.05) is 29.8 Å². The van der Waals surface area contributed by atoms with Crippen LogP contribution in [-0.4, -0.2) is 48.2 Å². The van der Waals surface area contributed by atoms with Crippen molar-refractivity contribution in [3.05, 3.63) is 86.2 Å². The summed E-state index contributed by atoms with van der Waals surface area (Å²) < 4.78 is 2.72. The lowest BCUT2D eigenvalue weighted by molar-refractivity contribution is 0.0776. The largest absolute Gasteiger partial charge is 0.336 e. The normalized spacial score (nSPS) is 19.6. The van der Waals surface area contributed by atoms with Gasteiger partial charge in [0.1, 0.15) is 11.5 Å². The van der Waals surface area contributed by atoms with Crippen LogP contribution in [0.2, 0.25) is 0 Å². The van der Waals surface area contributed by atoms with E-state index in [1.165, 1.54) is 27.8 Å². The molecule has 0 spiro atoms. The zero-order valence-corrected chi connectivity index (χ0v) is 16.4. The molecule has 0 unspecified atom stereocenters. The Labute approximate surface area is 171 Å². The summed E-state index contributed by atoms with van der Waals surface area (Å²) in [6, 6.07) is 7.77. The molecule has 1 aromatic carbocycles. The molecule has 0 bridgehead atoms. The number of hydrogen-bond donors (Lipinski definition) is 0. The van der Waals surface area contributed by atoms with Gasteiger partial charge in [-0.05, 0) is 12.5 Å². The number of carbonyl (C=O) groups excluding carboxylic acids is 1. The maximum Gasteiger partial charge on any atom is 0.332 e. The van der Waals surface area contributed by atoms with E-state index in [-0.39, 0.29) is 24.3 Å². The van der Waals surface area contributed by atoms with Crippen molar-refractivity contribution in [3.63, 3.8) is 0 Å². The number of aromatic nitrogens is 5. The highest BCUT2D eigenvalue weighted by molar-refractivity contribution is 5.92. The van der Waals surface area contributed by atoms with E-state index >= 15 is 0 Å². The van der Waals surface area contributed by atoms with Crippen LogP contribution in [0.5, 0.6) is 0 Å². The van der Waals surface area contributed by atoms with Crippen molar-refractivity contribution in [3.8, 4) is 0 Å². The minimum Gasteiger partial charge on any atom is -0.336 e. The SMILES string of the molecule is Cc1ccc(Cn2nc3n(c(=O)c2=O)C[C@H]2CN(C(=O)c4cnccn4)C[C@H]32)cc1. The fourth-order valence-corrected chi connectivity index (χ4v) is 4.30. The second kappa shape index (κ2) is 7.01. The zero-order valence-electron chi connectivity index (χ0n) is 16.4. The average Bonchev–Trinajstić information content (AvgIpc) is 3.32. The smallest absolute Gasteiger partial charge is 0.332 e. The molecule has 2 aliphatic heterocycles. The second-order valence-electron chi connectivity index (χ2n) is 7.89. The van der Waals surface area contributed by atoms with Crippen molar-refractivity contribution in [2.75, 3.05) is 13.1 Å². The Balaban J connectivity index is 1.44. The van der Waals surface area contributed by atoms with Crippen LogP contribution in [-0.2, 0) is 13.1 Å². The first-order chi connectivity index (χ1) is 14.5. The number of nitrogens with zero attached hydrogens (tertiary/aromatic N) is 6.